The standard InChI is InChI=1S/C32H40F3N3O5/c1-5-29(39)36-15-16-37-26-18-24(30(40)38(20(2)3)22-9-7-6-8-10-22)25(32(33,34)35)19-27(26)43-28(31(37)41)17-21-11-13-23(42-4)14-12-21/h11-14,18-20,22,28H,5-10,15-17H2,1-4H3,(H,36,39)/t28-/m0/s1. The predicted octanol–water partition coefficient (Wildman–Crippen LogP) is 5.76. The lowest BCUT2D eigenvalue weighted by atomic mass is 9.92. The molecule has 0 bridgehead atoms. The molecule has 1 N–H and O–H groups in total. The van der Waals surface area contributed by atoms with Gasteiger partial charge in [0.05, 0.1) is 23.9 Å². The summed E-state index contributed by atoms with van der Waals surface area (Å²) in [6, 6.07) is 8.46. The van der Waals surface area contributed by atoms with Gasteiger partial charge in [-0.1, -0.05) is 38.3 Å². The first-order valence-corrected chi connectivity index (χ1v) is 14.9. The van der Waals surface area contributed by atoms with Crippen molar-refractivity contribution in [2.45, 2.75) is 90.1 Å². The zero-order chi connectivity index (χ0) is 31.3. The Morgan fingerprint density at radius 3 is 2.37 bits per heavy atom. The highest BCUT2D eigenvalue weighted by atomic mass is 19.4. The van der Waals surface area contributed by atoms with Crippen LogP contribution in [0.25, 0.3) is 0 Å². The number of fused-ring (bicyclic) bond motifs is 1. The number of halogens is 3. The Morgan fingerprint density at radius 2 is 1.79 bits per heavy atom. The minimum Gasteiger partial charge on any atom is -0.497 e. The average molecular weight is 604 g/mol. The molecular weight excluding hydrogens is 563 g/mol. The van der Waals surface area contributed by atoms with Gasteiger partial charge in [0.1, 0.15) is 11.5 Å². The van der Waals surface area contributed by atoms with Crippen LogP contribution in [0.15, 0.2) is 36.4 Å². The maximum absolute atomic E-state index is 14.5. The van der Waals surface area contributed by atoms with Crippen LogP contribution >= 0.6 is 0 Å². The molecule has 1 fully saturated rings. The summed E-state index contributed by atoms with van der Waals surface area (Å²) >= 11 is 0. The molecule has 0 spiro atoms. The fourth-order valence-corrected chi connectivity index (χ4v) is 5.87. The van der Waals surface area contributed by atoms with E-state index in [-0.39, 0.29) is 55.4 Å². The van der Waals surface area contributed by atoms with Crippen LogP contribution in [0.5, 0.6) is 11.5 Å². The Labute approximate surface area is 250 Å². The van der Waals surface area contributed by atoms with Crippen LogP contribution in [0.2, 0.25) is 0 Å². The van der Waals surface area contributed by atoms with Crippen molar-refractivity contribution in [3.8, 4) is 11.5 Å². The molecule has 2 aromatic carbocycles. The number of carbonyl (C=O) groups is 3. The van der Waals surface area contributed by atoms with Crippen LogP contribution in [0.4, 0.5) is 18.9 Å². The molecule has 234 valence electrons. The Kier molecular flexibility index (Phi) is 10.2. The monoisotopic (exact) mass is 603 g/mol. The molecule has 4 rings (SSSR count). The highest BCUT2D eigenvalue weighted by Crippen LogP contribution is 2.43. The van der Waals surface area contributed by atoms with Crippen LogP contribution in [-0.4, -0.2) is 61.0 Å². The van der Waals surface area contributed by atoms with Crippen LogP contribution in [0.1, 0.15) is 80.8 Å². The van der Waals surface area contributed by atoms with Crippen molar-refractivity contribution in [3.05, 3.63) is 53.1 Å². The zero-order valence-electron chi connectivity index (χ0n) is 25.1. The summed E-state index contributed by atoms with van der Waals surface area (Å²) in [4.78, 5) is 42.5. The second kappa shape index (κ2) is 13.7. The first kappa shape index (κ1) is 32.2. The van der Waals surface area contributed by atoms with Gasteiger partial charge >= 0.3 is 6.18 Å². The highest BCUT2D eigenvalue weighted by molar-refractivity contribution is 6.04. The van der Waals surface area contributed by atoms with Gasteiger partial charge in [0.25, 0.3) is 11.8 Å². The topological polar surface area (TPSA) is 88.2 Å². The van der Waals surface area contributed by atoms with Crippen molar-refractivity contribution in [1.29, 1.82) is 0 Å². The minimum atomic E-state index is -4.84. The van der Waals surface area contributed by atoms with E-state index >= 15 is 0 Å². The summed E-state index contributed by atoms with van der Waals surface area (Å²) in [5.74, 6) is -0.935. The fraction of sp³-hybridized carbons (Fsp3) is 0.531. The van der Waals surface area contributed by atoms with Gasteiger partial charge in [-0.2, -0.15) is 13.2 Å². The maximum Gasteiger partial charge on any atom is 0.417 e. The third kappa shape index (κ3) is 7.43. The van der Waals surface area contributed by atoms with Crippen LogP contribution in [0.3, 0.4) is 0 Å². The molecule has 2 aromatic rings. The molecule has 0 aromatic heterocycles. The third-order valence-corrected chi connectivity index (χ3v) is 8.05. The SMILES string of the molecule is CCC(=O)NCCN1C(=O)[C@H](Cc2ccc(OC)cc2)Oc2cc(C(F)(F)F)c(C(=O)N(C(C)C)C3CCCCC3)cc21. The van der Waals surface area contributed by atoms with E-state index in [0.29, 0.717) is 5.75 Å². The van der Waals surface area contributed by atoms with E-state index in [1.165, 1.54) is 12.0 Å². The highest BCUT2D eigenvalue weighted by Gasteiger charge is 2.42. The summed E-state index contributed by atoms with van der Waals surface area (Å²) in [5, 5.41) is 2.71. The molecule has 1 atom stereocenters. The van der Waals surface area contributed by atoms with Crippen LogP contribution in [0, 0.1) is 0 Å². The lowest BCUT2D eigenvalue weighted by Crippen LogP contribution is -2.50. The number of alkyl halides is 3. The minimum absolute atomic E-state index is 0.00440. The van der Waals surface area contributed by atoms with E-state index in [9.17, 15) is 27.6 Å². The molecule has 3 amide bonds. The summed E-state index contributed by atoms with van der Waals surface area (Å²) in [7, 11) is 1.53. The number of amides is 3. The molecule has 11 heteroatoms. The van der Waals surface area contributed by atoms with Gasteiger partial charge in [0.15, 0.2) is 6.10 Å². The molecular formula is C32H40F3N3O5. The summed E-state index contributed by atoms with van der Waals surface area (Å²) in [6.07, 6.45) is -1.30. The number of carbonyl (C=O) groups excluding carboxylic acids is 3. The molecule has 1 heterocycles. The Balaban J connectivity index is 1.76. The zero-order valence-corrected chi connectivity index (χ0v) is 25.1. The van der Waals surface area contributed by atoms with E-state index in [4.69, 9.17) is 9.47 Å². The van der Waals surface area contributed by atoms with Crippen molar-refractivity contribution in [2.75, 3.05) is 25.1 Å². The molecule has 1 saturated carbocycles. The predicted molar refractivity (Wildman–Crippen MR) is 156 cm³/mol. The van der Waals surface area contributed by atoms with E-state index in [1.807, 2.05) is 0 Å². The molecule has 2 aliphatic rings. The third-order valence-electron chi connectivity index (χ3n) is 8.05. The van der Waals surface area contributed by atoms with Crippen molar-refractivity contribution in [3.63, 3.8) is 0 Å². The largest absolute Gasteiger partial charge is 0.497 e. The number of rotatable bonds is 10. The maximum atomic E-state index is 14.5. The van der Waals surface area contributed by atoms with Crippen molar-refractivity contribution in [2.24, 2.45) is 0 Å². The van der Waals surface area contributed by atoms with Gasteiger partial charge < -0.3 is 24.6 Å². The molecule has 8 nitrogen and oxygen atoms in total. The summed E-state index contributed by atoms with van der Waals surface area (Å²) in [6.45, 7) is 5.38. The number of benzene rings is 2. The van der Waals surface area contributed by atoms with Crippen LogP contribution in [-0.2, 0) is 22.2 Å². The van der Waals surface area contributed by atoms with Crippen molar-refractivity contribution < 1.29 is 37.0 Å². The Hall–Kier alpha value is -3.76. The fourth-order valence-electron chi connectivity index (χ4n) is 5.87. The van der Waals surface area contributed by atoms with Crippen molar-refractivity contribution in [1.82, 2.24) is 10.2 Å². The number of ether oxygens (including phenoxy) is 2. The number of anilines is 1. The average Bonchev–Trinajstić information content (AvgIpc) is 2.98. The quantitative estimate of drug-likeness (QED) is 0.373. The van der Waals surface area contributed by atoms with E-state index in [0.717, 1.165) is 49.8 Å². The molecule has 0 radical (unpaired) electrons. The smallest absolute Gasteiger partial charge is 0.417 e. The van der Waals surface area contributed by atoms with E-state index < -0.39 is 35.2 Å². The summed E-state index contributed by atoms with van der Waals surface area (Å²) < 4.78 is 54.7. The lowest BCUT2D eigenvalue weighted by molar-refractivity contribution is -0.138. The van der Waals surface area contributed by atoms with Gasteiger partial charge in [-0.25, -0.2) is 0 Å². The lowest BCUT2D eigenvalue weighted by Gasteiger charge is -2.39. The molecule has 0 unspecified atom stereocenters. The molecule has 0 saturated heterocycles. The first-order valence-electron chi connectivity index (χ1n) is 14.9. The molecule has 1 aliphatic heterocycles. The van der Waals surface area contributed by atoms with Gasteiger partial charge in [-0.15, -0.1) is 0 Å². The molecule has 43 heavy (non-hydrogen) atoms. The Bertz CT molecular complexity index is 1310. The number of nitrogens with zero attached hydrogens (tertiary/aromatic N) is 2. The van der Waals surface area contributed by atoms with E-state index in [2.05, 4.69) is 5.32 Å². The number of hydrogen-bond acceptors (Lipinski definition) is 5. The number of hydrogen-bond donors (Lipinski definition) is 1. The van der Waals surface area contributed by atoms with Gasteiger partial charge in [0.2, 0.25) is 5.91 Å². The number of methoxy groups -OCH3 is 1. The normalized spacial score (nSPS) is 17.3. The number of nitrogens with one attached hydrogen (secondary N) is 1. The molecule has 1 aliphatic carbocycles. The first-order chi connectivity index (χ1) is 20.4. The second-order valence-electron chi connectivity index (χ2n) is 11.3. The van der Waals surface area contributed by atoms with Crippen LogP contribution < -0.4 is 19.7 Å². The van der Waals surface area contributed by atoms with Gasteiger partial charge in [-0.3, -0.25) is 14.4 Å². The van der Waals surface area contributed by atoms with Crippen molar-refractivity contribution >= 4 is 23.4 Å². The second-order valence-corrected chi connectivity index (χ2v) is 11.3. The van der Waals surface area contributed by atoms with E-state index in [1.54, 1.807) is 49.9 Å². The van der Waals surface area contributed by atoms with Gasteiger partial charge in [0, 0.05) is 38.0 Å². The Morgan fingerprint density at radius 1 is 1.12 bits per heavy atom. The van der Waals surface area contributed by atoms with Gasteiger partial charge in [-0.05, 0) is 56.5 Å². The summed E-state index contributed by atoms with van der Waals surface area (Å²) in [5.41, 5.74) is -0.817.